The Morgan fingerprint density at radius 1 is 1.00 bits per heavy atom. The van der Waals surface area contributed by atoms with Gasteiger partial charge in [0.25, 0.3) is 0 Å². The van der Waals surface area contributed by atoms with Gasteiger partial charge in [0.1, 0.15) is 6.04 Å². The van der Waals surface area contributed by atoms with Gasteiger partial charge in [0.15, 0.2) is 0 Å². The zero-order valence-electron chi connectivity index (χ0n) is 19.2. The number of sulfonamides is 2. The predicted octanol–water partition coefficient (Wildman–Crippen LogP) is 3.21. The van der Waals surface area contributed by atoms with Crippen LogP contribution in [0, 0.1) is 6.92 Å². The van der Waals surface area contributed by atoms with E-state index in [1.807, 2.05) is 0 Å². The van der Waals surface area contributed by atoms with Crippen molar-refractivity contribution < 1.29 is 21.6 Å². The summed E-state index contributed by atoms with van der Waals surface area (Å²) in [4.78, 5) is 13.5. The molecule has 3 rings (SSSR count). The molecule has 1 aliphatic heterocycles. The Bertz CT molecular complexity index is 1190. The molecule has 0 unspecified atom stereocenters. The van der Waals surface area contributed by atoms with Gasteiger partial charge in [0.05, 0.1) is 9.79 Å². The third-order valence-corrected chi connectivity index (χ3v) is 9.88. The minimum Gasteiger partial charge on any atom is -0.324 e. The van der Waals surface area contributed by atoms with E-state index >= 15 is 0 Å². The third-order valence-electron chi connectivity index (χ3n) is 5.92. The Morgan fingerprint density at radius 3 is 2.30 bits per heavy atom. The lowest BCUT2D eigenvalue weighted by molar-refractivity contribution is -0.120. The van der Waals surface area contributed by atoms with Crippen LogP contribution < -0.4 is 5.32 Å². The highest BCUT2D eigenvalue weighted by molar-refractivity contribution is 7.89. The Morgan fingerprint density at radius 2 is 1.67 bits per heavy atom. The normalized spacial score (nSPS) is 17.8. The molecule has 2 aromatic carbocycles. The Balaban J connectivity index is 1.90. The van der Waals surface area contributed by atoms with E-state index in [0.717, 1.165) is 6.42 Å². The van der Waals surface area contributed by atoms with Crippen LogP contribution in [0.2, 0.25) is 0 Å². The van der Waals surface area contributed by atoms with E-state index in [1.165, 1.54) is 32.9 Å². The summed E-state index contributed by atoms with van der Waals surface area (Å²) in [6, 6.07) is 11.8. The van der Waals surface area contributed by atoms with Gasteiger partial charge in [0, 0.05) is 25.3 Å². The smallest absolute Gasteiger partial charge is 0.243 e. The second-order valence-electron chi connectivity index (χ2n) is 8.00. The van der Waals surface area contributed by atoms with Crippen LogP contribution in [0.15, 0.2) is 58.3 Å². The summed E-state index contributed by atoms with van der Waals surface area (Å²) in [6.07, 6.45) is 1.80. The number of benzene rings is 2. The number of anilines is 1. The molecule has 1 N–H and O–H groups in total. The monoisotopic (exact) mass is 493 g/mol. The summed E-state index contributed by atoms with van der Waals surface area (Å²) in [7, 11) is -7.53. The minimum atomic E-state index is -3.84. The Hall–Kier alpha value is -2.27. The number of aryl methyl sites for hydroxylation is 1. The molecule has 33 heavy (non-hydrogen) atoms. The van der Waals surface area contributed by atoms with Crippen LogP contribution in [0.3, 0.4) is 0 Å². The number of rotatable bonds is 8. The molecular weight excluding hydrogens is 462 g/mol. The maximum Gasteiger partial charge on any atom is 0.243 e. The number of nitrogens with zero attached hydrogens (tertiary/aromatic N) is 2. The second-order valence-corrected chi connectivity index (χ2v) is 11.8. The molecule has 1 atom stereocenters. The molecule has 0 aromatic heterocycles. The zero-order chi connectivity index (χ0) is 24.2. The Kier molecular flexibility index (Phi) is 7.94. The van der Waals surface area contributed by atoms with Crippen molar-refractivity contribution in [2.75, 3.05) is 25.0 Å². The third kappa shape index (κ3) is 5.29. The van der Waals surface area contributed by atoms with Gasteiger partial charge in [0.2, 0.25) is 26.0 Å². The van der Waals surface area contributed by atoms with Crippen molar-refractivity contribution in [3.05, 3.63) is 54.1 Å². The van der Waals surface area contributed by atoms with Crippen molar-refractivity contribution in [3.8, 4) is 0 Å². The topological polar surface area (TPSA) is 104 Å². The highest BCUT2D eigenvalue weighted by Crippen LogP contribution is 2.28. The average Bonchev–Trinajstić information content (AvgIpc) is 2.81. The van der Waals surface area contributed by atoms with Crippen LogP contribution in [0.1, 0.15) is 38.7 Å². The minimum absolute atomic E-state index is 0.0875. The summed E-state index contributed by atoms with van der Waals surface area (Å²) < 4.78 is 54.8. The van der Waals surface area contributed by atoms with Gasteiger partial charge in [-0.2, -0.15) is 8.61 Å². The number of nitrogens with one attached hydrogen (secondary N) is 1. The molecule has 1 aliphatic rings. The summed E-state index contributed by atoms with van der Waals surface area (Å²) in [5, 5.41) is 2.79. The van der Waals surface area contributed by atoms with Gasteiger partial charge < -0.3 is 5.32 Å². The first-order valence-electron chi connectivity index (χ1n) is 11.1. The number of piperidine rings is 1. The van der Waals surface area contributed by atoms with Gasteiger partial charge in [-0.05, 0) is 49.6 Å². The van der Waals surface area contributed by atoms with E-state index in [4.69, 9.17) is 0 Å². The highest BCUT2D eigenvalue weighted by atomic mass is 32.2. The molecule has 0 bridgehead atoms. The van der Waals surface area contributed by atoms with Crippen LogP contribution in [-0.2, 0) is 24.8 Å². The molecule has 0 aliphatic carbocycles. The van der Waals surface area contributed by atoms with Crippen molar-refractivity contribution in [1.82, 2.24) is 8.61 Å². The van der Waals surface area contributed by atoms with Crippen LogP contribution in [0.5, 0.6) is 0 Å². The molecule has 1 amide bonds. The maximum atomic E-state index is 13.2. The van der Waals surface area contributed by atoms with E-state index in [2.05, 4.69) is 5.32 Å². The molecule has 1 saturated heterocycles. The van der Waals surface area contributed by atoms with Crippen molar-refractivity contribution in [2.24, 2.45) is 0 Å². The number of amides is 1. The van der Waals surface area contributed by atoms with Crippen molar-refractivity contribution in [1.29, 1.82) is 0 Å². The Labute approximate surface area is 196 Å². The standard InChI is InChI=1S/C23H31N3O5S2/c1-4-25(5-2)32(28,29)20-15-14-18(3)21(17-20)24-23(27)22-13-9-10-16-26(22)33(30,31)19-11-7-6-8-12-19/h6-8,11-12,14-15,17,22H,4-5,9-10,13,16H2,1-3H3,(H,24,27)/t22-/m0/s1. The molecule has 0 spiro atoms. The largest absolute Gasteiger partial charge is 0.324 e. The molecule has 10 heteroatoms. The van der Waals surface area contributed by atoms with E-state index in [1.54, 1.807) is 45.0 Å². The van der Waals surface area contributed by atoms with Gasteiger partial charge >= 0.3 is 0 Å². The second kappa shape index (κ2) is 10.3. The van der Waals surface area contributed by atoms with Gasteiger partial charge in [-0.25, -0.2) is 16.8 Å². The quantitative estimate of drug-likeness (QED) is 0.608. The molecular formula is C23H31N3O5S2. The number of carbonyl (C=O) groups excluding carboxylic acids is 1. The lowest BCUT2D eigenvalue weighted by atomic mass is 10.0. The summed E-state index contributed by atoms with van der Waals surface area (Å²) in [5.41, 5.74) is 1.05. The first-order valence-corrected chi connectivity index (χ1v) is 14.0. The van der Waals surface area contributed by atoms with Crippen molar-refractivity contribution in [3.63, 3.8) is 0 Å². The van der Waals surface area contributed by atoms with Gasteiger partial charge in [-0.1, -0.05) is 44.5 Å². The van der Waals surface area contributed by atoms with Crippen LogP contribution in [0.25, 0.3) is 0 Å². The molecule has 180 valence electrons. The van der Waals surface area contributed by atoms with E-state index < -0.39 is 32.0 Å². The number of carbonyl (C=O) groups is 1. The lowest BCUT2D eigenvalue weighted by Gasteiger charge is -2.33. The molecule has 1 heterocycles. The average molecular weight is 494 g/mol. The van der Waals surface area contributed by atoms with Crippen LogP contribution in [-0.4, -0.2) is 57.0 Å². The highest BCUT2D eigenvalue weighted by Gasteiger charge is 2.37. The van der Waals surface area contributed by atoms with Crippen molar-refractivity contribution in [2.45, 2.75) is 55.9 Å². The van der Waals surface area contributed by atoms with Crippen molar-refractivity contribution >= 4 is 31.6 Å². The van der Waals surface area contributed by atoms with E-state index in [9.17, 15) is 21.6 Å². The fourth-order valence-electron chi connectivity index (χ4n) is 4.01. The molecule has 8 nitrogen and oxygen atoms in total. The van der Waals surface area contributed by atoms with Gasteiger partial charge in [-0.15, -0.1) is 0 Å². The summed E-state index contributed by atoms with van der Waals surface area (Å²) >= 11 is 0. The predicted molar refractivity (Wildman–Crippen MR) is 128 cm³/mol. The van der Waals surface area contributed by atoms with E-state index in [-0.39, 0.29) is 16.3 Å². The fourth-order valence-corrected chi connectivity index (χ4v) is 7.17. The molecule has 1 fully saturated rings. The first-order chi connectivity index (χ1) is 15.6. The van der Waals surface area contributed by atoms with E-state index in [0.29, 0.717) is 37.2 Å². The number of hydrogen-bond donors (Lipinski definition) is 1. The van der Waals surface area contributed by atoms with Gasteiger partial charge in [-0.3, -0.25) is 4.79 Å². The summed E-state index contributed by atoms with van der Waals surface area (Å²) in [6.45, 7) is 6.23. The molecule has 0 radical (unpaired) electrons. The molecule has 2 aromatic rings. The lowest BCUT2D eigenvalue weighted by Crippen LogP contribution is -2.49. The number of hydrogen-bond acceptors (Lipinski definition) is 5. The SMILES string of the molecule is CCN(CC)S(=O)(=O)c1ccc(C)c(NC(=O)[C@@H]2CCCCN2S(=O)(=O)c2ccccc2)c1. The molecule has 0 saturated carbocycles. The maximum absolute atomic E-state index is 13.2. The fraction of sp³-hybridized carbons (Fsp3) is 0.435. The zero-order valence-corrected chi connectivity index (χ0v) is 20.8. The summed E-state index contributed by atoms with van der Waals surface area (Å²) in [5.74, 6) is -0.463. The van der Waals surface area contributed by atoms with Crippen LogP contribution in [0.4, 0.5) is 5.69 Å². The first kappa shape index (κ1) is 25.4. The van der Waals surface area contributed by atoms with Crippen LogP contribution >= 0.6 is 0 Å².